The Labute approximate surface area is 252 Å². The summed E-state index contributed by atoms with van der Waals surface area (Å²) in [6, 6.07) is 14.5. The summed E-state index contributed by atoms with van der Waals surface area (Å²) in [5.41, 5.74) is 1.41. The third kappa shape index (κ3) is 5.20. The predicted molar refractivity (Wildman–Crippen MR) is 162 cm³/mol. The number of aliphatic hydroxyl groups is 1. The molecule has 2 aliphatic heterocycles. The molecule has 1 saturated heterocycles. The van der Waals surface area contributed by atoms with Crippen molar-refractivity contribution >= 4 is 44.1 Å². The topological polar surface area (TPSA) is 117 Å². The molecule has 1 N–H and O–H groups in total. The molecular formula is C32H30N2O8S. The zero-order valence-electron chi connectivity index (χ0n) is 23.9. The van der Waals surface area contributed by atoms with Crippen molar-refractivity contribution in [3.8, 4) is 28.7 Å². The molecule has 0 radical (unpaired) electrons. The summed E-state index contributed by atoms with van der Waals surface area (Å²) in [7, 11) is 3.10. The van der Waals surface area contributed by atoms with Crippen LogP contribution < -0.4 is 28.6 Å². The average molecular weight is 603 g/mol. The van der Waals surface area contributed by atoms with Crippen LogP contribution in [0, 0.1) is 0 Å². The van der Waals surface area contributed by atoms with E-state index in [1.165, 1.54) is 23.3 Å². The zero-order chi connectivity index (χ0) is 30.1. The normalized spacial score (nSPS) is 17.4. The van der Waals surface area contributed by atoms with Crippen LogP contribution in [0.5, 0.6) is 28.7 Å². The summed E-state index contributed by atoms with van der Waals surface area (Å²) in [6.07, 6.45) is 1.85. The molecule has 1 atom stereocenters. The van der Waals surface area contributed by atoms with E-state index in [0.717, 1.165) is 17.5 Å². The van der Waals surface area contributed by atoms with Gasteiger partial charge in [-0.2, -0.15) is 0 Å². The van der Waals surface area contributed by atoms with E-state index in [0.29, 0.717) is 70.3 Å². The Kier molecular flexibility index (Phi) is 7.81. The molecule has 4 aromatic rings. The second-order valence-electron chi connectivity index (χ2n) is 9.97. The van der Waals surface area contributed by atoms with Gasteiger partial charge in [-0.05, 0) is 60.5 Å². The number of ether oxygens (including phenoxy) is 5. The number of benzene rings is 3. The lowest BCUT2D eigenvalue weighted by Crippen LogP contribution is -2.29. The lowest BCUT2D eigenvalue weighted by atomic mass is 9.95. The van der Waals surface area contributed by atoms with E-state index < -0.39 is 17.7 Å². The van der Waals surface area contributed by atoms with Crippen LogP contribution in [0.1, 0.15) is 36.9 Å². The fourth-order valence-electron chi connectivity index (χ4n) is 5.11. The van der Waals surface area contributed by atoms with Gasteiger partial charge in [-0.25, -0.2) is 4.98 Å². The molecule has 1 aromatic heterocycles. The number of hydrogen-bond acceptors (Lipinski definition) is 10. The van der Waals surface area contributed by atoms with Gasteiger partial charge >= 0.3 is 5.91 Å². The molecule has 10 nitrogen and oxygen atoms in total. The van der Waals surface area contributed by atoms with Gasteiger partial charge in [0.1, 0.15) is 24.7 Å². The van der Waals surface area contributed by atoms with Crippen LogP contribution in [0.2, 0.25) is 0 Å². The van der Waals surface area contributed by atoms with E-state index in [-0.39, 0.29) is 11.3 Å². The highest BCUT2D eigenvalue weighted by Crippen LogP contribution is 2.46. The molecule has 6 rings (SSSR count). The first-order chi connectivity index (χ1) is 20.9. The number of thiazole rings is 1. The number of carbonyl (C=O) groups is 2. The lowest BCUT2D eigenvalue weighted by Gasteiger charge is -2.24. The molecule has 11 heteroatoms. The van der Waals surface area contributed by atoms with Gasteiger partial charge in [0.25, 0.3) is 5.78 Å². The van der Waals surface area contributed by atoms with Gasteiger partial charge in [-0.3, -0.25) is 14.5 Å². The van der Waals surface area contributed by atoms with Crippen molar-refractivity contribution < 1.29 is 38.4 Å². The molecule has 0 spiro atoms. The van der Waals surface area contributed by atoms with Crippen LogP contribution in [-0.2, 0) is 9.59 Å². The third-order valence-corrected chi connectivity index (χ3v) is 8.33. The van der Waals surface area contributed by atoms with Crippen molar-refractivity contribution in [2.24, 2.45) is 0 Å². The Hall–Kier alpha value is -4.77. The Balaban J connectivity index is 1.51. The summed E-state index contributed by atoms with van der Waals surface area (Å²) in [5.74, 6) is 0.609. The smallest absolute Gasteiger partial charge is 0.301 e. The second-order valence-corrected chi connectivity index (χ2v) is 11.0. The molecule has 0 aliphatic carbocycles. The number of carbonyl (C=O) groups excluding carboxylic acids is 2. The summed E-state index contributed by atoms with van der Waals surface area (Å²) in [6.45, 7) is 3.37. The highest BCUT2D eigenvalue weighted by molar-refractivity contribution is 7.22. The van der Waals surface area contributed by atoms with Gasteiger partial charge in [0.05, 0.1) is 42.7 Å². The van der Waals surface area contributed by atoms with Crippen LogP contribution >= 0.6 is 11.3 Å². The first kappa shape index (κ1) is 28.4. The number of unbranched alkanes of at least 4 members (excludes halogenated alkanes) is 1. The standard InChI is InChI=1S/C32H30N2O8S/c1-4-5-12-40-22-10-6-18(15-24(22)39-3)28-27(29(35)19-7-11-23-25(16-19)42-14-13-41-23)30(36)31(37)34(28)32-33-21-9-8-20(38-2)17-26(21)43-32/h6-11,15-17,28,35H,4-5,12-14H2,1-3H3/b29-27-. The number of aliphatic hydroxyl groups excluding tert-OH is 1. The zero-order valence-corrected chi connectivity index (χ0v) is 24.7. The number of aromatic nitrogens is 1. The highest BCUT2D eigenvalue weighted by atomic mass is 32.1. The van der Waals surface area contributed by atoms with Crippen LogP contribution in [0.4, 0.5) is 5.13 Å². The second kappa shape index (κ2) is 11.8. The minimum absolute atomic E-state index is 0.0831. The van der Waals surface area contributed by atoms with Gasteiger partial charge in [-0.15, -0.1) is 0 Å². The summed E-state index contributed by atoms with van der Waals surface area (Å²) in [4.78, 5) is 33.5. The number of anilines is 1. The Morgan fingerprint density at radius 3 is 2.58 bits per heavy atom. The average Bonchev–Trinajstić information content (AvgIpc) is 3.57. The molecule has 0 saturated carbocycles. The van der Waals surface area contributed by atoms with Crippen LogP contribution in [-0.4, -0.2) is 55.8 Å². The minimum atomic E-state index is -1.01. The number of nitrogens with zero attached hydrogens (tertiary/aromatic N) is 2. The number of Topliss-reactive ketones (excluding diaryl/α,β-unsaturated/α-hetero) is 1. The first-order valence-corrected chi connectivity index (χ1v) is 14.7. The van der Waals surface area contributed by atoms with Crippen LogP contribution in [0.3, 0.4) is 0 Å². The molecule has 222 valence electrons. The van der Waals surface area contributed by atoms with Crippen molar-refractivity contribution in [1.29, 1.82) is 0 Å². The van der Waals surface area contributed by atoms with Gasteiger partial charge in [-0.1, -0.05) is 30.7 Å². The van der Waals surface area contributed by atoms with Crippen molar-refractivity contribution in [3.63, 3.8) is 0 Å². The molecule has 1 unspecified atom stereocenters. The maximum absolute atomic E-state index is 13.7. The lowest BCUT2D eigenvalue weighted by molar-refractivity contribution is -0.132. The number of fused-ring (bicyclic) bond motifs is 2. The third-order valence-electron chi connectivity index (χ3n) is 7.31. The SMILES string of the molecule is CCCCOc1ccc(C2/C(=C(/O)c3ccc4c(c3)OCCO4)C(=O)C(=O)N2c2nc3ccc(OC)cc3s2)cc1OC. The predicted octanol–water partition coefficient (Wildman–Crippen LogP) is 5.89. The molecule has 3 aromatic carbocycles. The summed E-state index contributed by atoms with van der Waals surface area (Å²) < 4.78 is 29.0. The number of ketones is 1. The van der Waals surface area contributed by atoms with Crippen molar-refractivity contribution in [3.05, 3.63) is 71.3 Å². The number of rotatable bonds is 9. The molecule has 0 bridgehead atoms. The van der Waals surface area contributed by atoms with Gasteiger partial charge in [0, 0.05) is 5.56 Å². The molecular weight excluding hydrogens is 572 g/mol. The Bertz CT molecular complexity index is 1750. The Morgan fingerprint density at radius 2 is 1.81 bits per heavy atom. The van der Waals surface area contributed by atoms with E-state index in [9.17, 15) is 14.7 Å². The largest absolute Gasteiger partial charge is 0.507 e. The number of hydrogen-bond donors (Lipinski definition) is 1. The fraction of sp³-hybridized carbons (Fsp3) is 0.281. The van der Waals surface area contributed by atoms with Gasteiger partial charge in [0.2, 0.25) is 0 Å². The van der Waals surface area contributed by atoms with Crippen molar-refractivity contribution in [2.75, 3.05) is 38.9 Å². The summed E-state index contributed by atoms with van der Waals surface area (Å²) >= 11 is 1.25. The fourth-order valence-corrected chi connectivity index (χ4v) is 6.13. The highest BCUT2D eigenvalue weighted by Gasteiger charge is 2.48. The first-order valence-electron chi connectivity index (χ1n) is 13.9. The van der Waals surface area contributed by atoms with E-state index in [2.05, 4.69) is 11.9 Å². The van der Waals surface area contributed by atoms with Crippen LogP contribution in [0.25, 0.3) is 16.0 Å². The minimum Gasteiger partial charge on any atom is -0.507 e. The number of methoxy groups -OCH3 is 2. The maximum Gasteiger partial charge on any atom is 0.301 e. The quantitative estimate of drug-likeness (QED) is 0.108. The molecule has 3 heterocycles. The molecule has 43 heavy (non-hydrogen) atoms. The van der Waals surface area contributed by atoms with E-state index in [1.54, 1.807) is 55.6 Å². The van der Waals surface area contributed by atoms with Crippen molar-refractivity contribution in [1.82, 2.24) is 4.98 Å². The van der Waals surface area contributed by atoms with Crippen LogP contribution in [0.15, 0.2) is 60.2 Å². The molecule has 1 amide bonds. The van der Waals surface area contributed by atoms with E-state index in [4.69, 9.17) is 23.7 Å². The van der Waals surface area contributed by atoms with Gasteiger partial charge < -0.3 is 28.8 Å². The molecule has 2 aliphatic rings. The van der Waals surface area contributed by atoms with Crippen molar-refractivity contribution in [2.45, 2.75) is 25.8 Å². The number of amides is 1. The molecule has 1 fully saturated rings. The maximum atomic E-state index is 13.7. The van der Waals surface area contributed by atoms with E-state index >= 15 is 0 Å². The van der Waals surface area contributed by atoms with E-state index in [1.807, 2.05) is 6.07 Å². The van der Waals surface area contributed by atoms with Gasteiger partial charge in [0.15, 0.2) is 28.1 Å². The Morgan fingerprint density at radius 1 is 1.00 bits per heavy atom. The summed E-state index contributed by atoms with van der Waals surface area (Å²) in [5, 5.41) is 11.9. The monoisotopic (exact) mass is 602 g/mol.